The van der Waals surface area contributed by atoms with E-state index in [2.05, 4.69) is 5.32 Å². The van der Waals surface area contributed by atoms with Crippen LogP contribution in [0.1, 0.15) is 15.9 Å². The minimum absolute atomic E-state index is 0.174. The molecular weight excluding hydrogens is 248 g/mol. The molecule has 0 saturated heterocycles. The molecular formula is C14H13ClN2O. The highest BCUT2D eigenvalue weighted by molar-refractivity contribution is 6.17. The van der Waals surface area contributed by atoms with Crippen molar-refractivity contribution in [1.29, 1.82) is 0 Å². The molecule has 18 heavy (non-hydrogen) atoms. The fourth-order valence-corrected chi connectivity index (χ4v) is 1.82. The summed E-state index contributed by atoms with van der Waals surface area (Å²) < 4.78 is 0. The summed E-state index contributed by atoms with van der Waals surface area (Å²) in [5, 5.41) is 2.83. The van der Waals surface area contributed by atoms with Crippen LogP contribution in [0.25, 0.3) is 0 Å². The highest BCUT2D eigenvalue weighted by Crippen LogP contribution is 2.18. The van der Waals surface area contributed by atoms with Crippen molar-refractivity contribution in [1.82, 2.24) is 0 Å². The summed E-state index contributed by atoms with van der Waals surface area (Å²) in [6.07, 6.45) is 0. The number of hydrogen-bond acceptors (Lipinski definition) is 2. The first-order valence-electron chi connectivity index (χ1n) is 5.51. The molecule has 0 aliphatic heterocycles. The number of para-hydroxylation sites is 1. The Balaban J connectivity index is 2.18. The molecule has 0 fully saturated rings. The Kier molecular flexibility index (Phi) is 3.85. The standard InChI is InChI=1S/C14H13ClN2O/c15-9-11-3-1-2-4-13(11)17-14(18)10-5-7-12(16)8-6-10/h1-8H,9,16H2,(H,17,18). The van der Waals surface area contributed by atoms with Gasteiger partial charge in [0.2, 0.25) is 0 Å². The topological polar surface area (TPSA) is 55.1 Å². The van der Waals surface area contributed by atoms with E-state index in [4.69, 9.17) is 17.3 Å². The molecule has 3 N–H and O–H groups in total. The Morgan fingerprint density at radius 1 is 1.11 bits per heavy atom. The molecule has 2 aromatic carbocycles. The SMILES string of the molecule is Nc1ccc(C(=O)Nc2ccccc2CCl)cc1. The van der Waals surface area contributed by atoms with Crippen LogP contribution in [0.2, 0.25) is 0 Å². The largest absolute Gasteiger partial charge is 0.399 e. The van der Waals surface area contributed by atoms with Crippen LogP contribution in [0, 0.1) is 0 Å². The number of carbonyl (C=O) groups is 1. The number of amides is 1. The minimum Gasteiger partial charge on any atom is -0.399 e. The molecule has 0 bridgehead atoms. The number of anilines is 2. The van der Waals surface area contributed by atoms with Crippen molar-refractivity contribution in [3.8, 4) is 0 Å². The van der Waals surface area contributed by atoms with Crippen LogP contribution in [0.15, 0.2) is 48.5 Å². The average molecular weight is 261 g/mol. The fourth-order valence-electron chi connectivity index (χ4n) is 1.59. The van der Waals surface area contributed by atoms with Gasteiger partial charge in [-0.25, -0.2) is 0 Å². The molecule has 2 rings (SSSR count). The Morgan fingerprint density at radius 2 is 1.78 bits per heavy atom. The lowest BCUT2D eigenvalue weighted by Gasteiger charge is -2.09. The van der Waals surface area contributed by atoms with Gasteiger partial charge in [-0.05, 0) is 35.9 Å². The summed E-state index contributed by atoms with van der Waals surface area (Å²) in [6.45, 7) is 0. The third-order valence-electron chi connectivity index (χ3n) is 2.58. The zero-order valence-electron chi connectivity index (χ0n) is 9.69. The zero-order chi connectivity index (χ0) is 13.0. The normalized spacial score (nSPS) is 10.1. The quantitative estimate of drug-likeness (QED) is 0.657. The molecule has 0 aliphatic rings. The second kappa shape index (κ2) is 5.56. The summed E-state index contributed by atoms with van der Waals surface area (Å²) in [7, 11) is 0. The summed E-state index contributed by atoms with van der Waals surface area (Å²) in [5.41, 5.74) is 8.39. The van der Waals surface area contributed by atoms with Gasteiger partial charge in [-0.2, -0.15) is 0 Å². The summed E-state index contributed by atoms with van der Waals surface area (Å²) >= 11 is 5.81. The van der Waals surface area contributed by atoms with Crippen molar-refractivity contribution in [3.63, 3.8) is 0 Å². The maximum absolute atomic E-state index is 12.0. The number of alkyl halides is 1. The molecule has 1 amide bonds. The van der Waals surface area contributed by atoms with E-state index in [1.165, 1.54) is 0 Å². The van der Waals surface area contributed by atoms with E-state index in [1.54, 1.807) is 24.3 Å². The Bertz CT molecular complexity index is 552. The van der Waals surface area contributed by atoms with Crippen LogP contribution in [0.3, 0.4) is 0 Å². The van der Waals surface area contributed by atoms with Gasteiger partial charge in [-0.1, -0.05) is 18.2 Å². The number of benzene rings is 2. The third kappa shape index (κ3) is 2.81. The van der Waals surface area contributed by atoms with Crippen LogP contribution in [0.5, 0.6) is 0 Å². The molecule has 0 atom stereocenters. The maximum atomic E-state index is 12.0. The van der Waals surface area contributed by atoms with Gasteiger partial charge in [0.15, 0.2) is 0 Å². The van der Waals surface area contributed by atoms with E-state index >= 15 is 0 Å². The number of hydrogen-bond donors (Lipinski definition) is 2. The number of nitrogens with one attached hydrogen (secondary N) is 1. The first-order valence-corrected chi connectivity index (χ1v) is 6.05. The molecule has 0 unspecified atom stereocenters. The number of nitrogens with two attached hydrogens (primary N) is 1. The predicted octanol–water partition coefficient (Wildman–Crippen LogP) is 3.26. The summed E-state index contributed by atoms with van der Waals surface area (Å²) in [5.74, 6) is 0.186. The van der Waals surface area contributed by atoms with Crippen molar-refractivity contribution in [3.05, 3.63) is 59.7 Å². The molecule has 4 heteroatoms. The molecule has 3 nitrogen and oxygen atoms in total. The van der Waals surface area contributed by atoms with E-state index in [9.17, 15) is 4.79 Å². The van der Waals surface area contributed by atoms with Crippen molar-refractivity contribution in [2.75, 3.05) is 11.1 Å². The lowest BCUT2D eigenvalue weighted by atomic mass is 10.1. The van der Waals surface area contributed by atoms with Crippen LogP contribution >= 0.6 is 11.6 Å². The highest BCUT2D eigenvalue weighted by Gasteiger charge is 2.07. The van der Waals surface area contributed by atoms with Crippen LogP contribution in [-0.2, 0) is 5.88 Å². The Hall–Kier alpha value is -2.00. The van der Waals surface area contributed by atoms with E-state index in [-0.39, 0.29) is 5.91 Å². The van der Waals surface area contributed by atoms with Gasteiger partial charge in [0.1, 0.15) is 0 Å². The second-order valence-electron chi connectivity index (χ2n) is 3.87. The fraction of sp³-hybridized carbons (Fsp3) is 0.0714. The number of carbonyl (C=O) groups excluding carboxylic acids is 1. The molecule has 0 heterocycles. The molecule has 92 valence electrons. The van der Waals surface area contributed by atoms with Crippen LogP contribution < -0.4 is 11.1 Å². The van der Waals surface area contributed by atoms with Gasteiger partial charge in [0.25, 0.3) is 5.91 Å². The van der Waals surface area contributed by atoms with Crippen molar-refractivity contribution >= 4 is 28.9 Å². The van der Waals surface area contributed by atoms with E-state index in [0.29, 0.717) is 17.1 Å². The number of nitrogen functional groups attached to an aromatic ring is 1. The Labute approximate surface area is 111 Å². The average Bonchev–Trinajstić information content (AvgIpc) is 2.40. The molecule has 0 aromatic heterocycles. The van der Waals surface area contributed by atoms with Gasteiger partial charge in [-0.15, -0.1) is 11.6 Å². The minimum atomic E-state index is -0.174. The van der Waals surface area contributed by atoms with Crippen molar-refractivity contribution < 1.29 is 4.79 Å². The molecule has 2 aromatic rings. The molecule has 0 radical (unpaired) electrons. The summed E-state index contributed by atoms with van der Waals surface area (Å²) in [6, 6.07) is 14.2. The van der Waals surface area contributed by atoms with Gasteiger partial charge >= 0.3 is 0 Å². The number of rotatable bonds is 3. The van der Waals surface area contributed by atoms with Crippen LogP contribution in [-0.4, -0.2) is 5.91 Å². The highest BCUT2D eigenvalue weighted by atomic mass is 35.5. The smallest absolute Gasteiger partial charge is 0.255 e. The van der Waals surface area contributed by atoms with E-state index in [0.717, 1.165) is 11.3 Å². The van der Waals surface area contributed by atoms with Gasteiger partial charge in [0, 0.05) is 22.8 Å². The first-order chi connectivity index (χ1) is 8.70. The Morgan fingerprint density at radius 3 is 2.44 bits per heavy atom. The monoisotopic (exact) mass is 260 g/mol. The molecule has 0 aliphatic carbocycles. The van der Waals surface area contributed by atoms with Gasteiger partial charge in [-0.3, -0.25) is 4.79 Å². The van der Waals surface area contributed by atoms with Crippen LogP contribution in [0.4, 0.5) is 11.4 Å². The van der Waals surface area contributed by atoms with E-state index in [1.807, 2.05) is 24.3 Å². The van der Waals surface area contributed by atoms with E-state index < -0.39 is 0 Å². The maximum Gasteiger partial charge on any atom is 0.255 e. The predicted molar refractivity (Wildman–Crippen MR) is 74.8 cm³/mol. The molecule has 0 saturated carbocycles. The van der Waals surface area contributed by atoms with Gasteiger partial charge in [0.05, 0.1) is 0 Å². The third-order valence-corrected chi connectivity index (χ3v) is 2.87. The number of halogens is 1. The van der Waals surface area contributed by atoms with Crippen molar-refractivity contribution in [2.24, 2.45) is 0 Å². The first kappa shape index (κ1) is 12.5. The van der Waals surface area contributed by atoms with Crippen molar-refractivity contribution in [2.45, 2.75) is 5.88 Å². The lowest BCUT2D eigenvalue weighted by Crippen LogP contribution is -2.13. The van der Waals surface area contributed by atoms with Gasteiger partial charge < -0.3 is 11.1 Å². The summed E-state index contributed by atoms with van der Waals surface area (Å²) in [4.78, 5) is 12.0. The lowest BCUT2D eigenvalue weighted by molar-refractivity contribution is 0.102. The zero-order valence-corrected chi connectivity index (χ0v) is 10.4. The second-order valence-corrected chi connectivity index (χ2v) is 4.13. The molecule has 0 spiro atoms.